The van der Waals surface area contributed by atoms with Gasteiger partial charge in [0.15, 0.2) is 6.21 Å². The number of nitrogens with zero attached hydrogens (tertiary/aromatic N) is 1. The quantitative estimate of drug-likeness (QED) is 0.303. The van der Waals surface area contributed by atoms with Gasteiger partial charge in [-0.2, -0.15) is 0 Å². The van der Waals surface area contributed by atoms with Crippen LogP contribution in [-0.2, 0) is 17.0 Å². The predicted octanol–water partition coefficient (Wildman–Crippen LogP) is 4.79. The van der Waals surface area contributed by atoms with Gasteiger partial charge in [-0.25, -0.2) is 4.58 Å². The molecule has 0 saturated carbocycles. The Bertz CT molecular complexity index is 760. The van der Waals surface area contributed by atoms with Crippen LogP contribution in [0.2, 0.25) is 0 Å². The summed E-state index contributed by atoms with van der Waals surface area (Å²) in [5.41, 5.74) is 4.69. The number of aryl methyl sites for hydroxylation is 3. The first-order valence-corrected chi connectivity index (χ1v) is 13.9. The molecule has 2 nitrogen and oxygen atoms in total. The van der Waals surface area contributed by atoms with Crippen LogP contribution in [0.4, 0.5) is 0 Å². The Balaban J connectivity index is 0.00000105. The van der Waals surface area contributed by atoms with Crippen molar-refractivity contribution in [2.75, 3.05) is 13.1 Å². The normalized spacial score (nSPS) is 10.4. The van der Waals surface area contributed by atoms with E-state index in [1.165, 1.54) is 22.0 Å². The third-order valence-electron chi connectivity index (χ3n) is 4.14. The fraction of sp³-hybridized carbons (Fsp3) is 0.350. The Morgan fingerprint density at radius 3 is 2.27 bits per heavy atom. The van der Waals surface area contributed by atoms with Crippen LogP contribution in [-0.4, -0.2) is 29.0 Å². The molecule has 26 heavy (non-hydrogen) atoms. The first-order valence-electron chi connectivity index (χ1n) is 8.59. The van der Waals surface area contributed by atoms with Crippen LogP contribution in [0.1, 0.15) is 36.1 Å². The summed E-state index contributed by atoms with van der Waals surface area (Å²) in [5.74, 6) is 0.436. The summed E-state index contributed by atoms with van der Waals surface area (Å²) in [6, 6.07) is 10.6. The maximum atomic E-state index is 10.4. The summed E-state index contributed by atoms with van der Waals surface area (Å²) in [7, 11) is 10.2. The number of hydrogen-bond donors (Lipinski definition) is 1. The Morgan fingerprint density at radius 1 is 1.08 bits per heavy atom. The molecule has 1 unspecified atom stereocenters. The van der Waals surface area contributed by atoms with Crippen molar-refractivity contribution in [3.8, 4) is 5.75 Å². The second-order valence-corrected chi connectivity index (χ2v) is 9.93. The second-order valence-electron chi connectivity index (χ2n) is 6.06. The number of aromatic hydroxyl groups is 1. The van der Waals surface area contributed by atoms with Gasteiger partial charge in [-0.05, 0) is 68.7 Å². The number of phenols is 1. The van der Waals surface area contributed by atoms with Gasteiger partial charge in [0.1, 0.15) is 18.8 Å². The van der Waals surface area contributed by atoms with E-state index >= 15 is 0 Å². The van der Waals surface area contributed by atoms with Gasteiger partial charge in [-0.3, -0.25) is 0 Å². The third-order valence-corrected chi connectivity index (χ3v) is 5.73. The molecule has 0 bridgehead atoms. The van der Waals surface area contributed by atoms with E-state index in [2.05, 4.69) is 62.8 Å². The van der Waals surface area contributed by atoms with Gasteiger partial charge in [-0.1, -0.05) is 26.8 Å². The molecule has 0 aliphatic rings. The van der Waals surface area contributed by atoms with Crippen molar-refractivity contribution < 1.29 is 26.7 Å². The molecule has 0 heterocycles. The molecule has 2 aromatic carbocycles. The molecular weight excluding hydrogens is 420 g/mol. The summed E-state index contributed by atoms with van der Waals surface area (Å²) < 4.78 is 2.31. The topological polar surface area (TPSA) is 23.2 Å². The molecular formula is C20H27Cl2NOPTi+. The number of phenolic OH excluding ortho intramolecular Hbond substituents is 1. The Hall–Kier alpha value is -0.366. The van der Waals surface area contributed by atoms with Gasteiger partial charge in [0.2, 0.25) is 0 Å². The monoisotopic (exact) mass is 446 g/mol. The molecule has 0 saturated heterocycles. The SMILES string of the molecule is CC[N+](=Cc1cccc(C)c1Pc1cc(C)cc(C)c1O)CC.[Cl][Ti][Cl]. The number of benzene rings is 2. The standard InChI is InChI=1S/C20H26NOP.2ClH.Ti/c1-6-21(7-2)13-17-10-8-9-15(4)20(17)23-18-12-14(3)11-16(5)19(18)22;;;/h8-13,23H,6-7H2,1-5H3;2*1H;/q;;;+2/p-1. The van der Waals surface area contributed by atoms with Crippen LogP contribution in [0.3, 0.4) is 0 Å². The molecule has 2 aromatic rings. The van der Waals surface area contributed by atoms with Crippen molar-refractivity contribution in [1.29, 1.82) is 0 Å². The molecule has 0 amide bonds. The van der Waals surface area contributed by atoms with E-state index in [0.29, 0.717) is 14.3 Å². The van der Waals surface area contributed by atoms with Crippen LogP contribution in [0.5, 0.6) is 5.75 Å². The maximum absolute atomic E-state index is 10.4. The predicted molar refractivity (Wildman–Crippen MR) is 115 cm³/mol. The van der Waals surface area contributed by atoms with Crippen LogP contribution >= 0.6 is 27.2 Å². The van der Waals surface area contributed by atoms with E-state index in [9.17, 15) is 5.11 Å². The molecule has 0 aliphatic heterocycles. The molecule has 1 N–H and O–H groups in total. The van der Waals surface area contributed by atoms with Crippen molar-refractivity contribution in [3.05, 3.63) is 52.6 Å². The average molecular weight is 447 g/mol. The summed E-state index contributed by atoms with van der Waals surface area (Å²) in [6.07, 6.45) is 2.25. The Kier molecular flexibility index (Phi) is 11.1. The van der Waals surface area contributed by atoms with E-state index in [1.807, 2.05) is 13.0 Å². The fourth-order valence-corrected chi connectivity index (χ4v) is 4.22. The fourth-order valence-electron chi connectivity index (χ4n) is 2.76. The van der Waals surface area contributed by atoms with Crippen molar-refractivity contribution in [2.45, 2.75) is 34.6 Å². The third kappa shape index (κ3) is 6.99. The molecule has 0 aliphatic carbocycles. The summed E-state index contributed by atoms with van der Waals surface area (Å²) in [4.78, 5) is 0. The molecule has 6 heteroatoms. The van der Waals surface area contributed by atoms with E-state index in [4.69, 9.17) is 18.6 Å². The van der Waals surface area contributed by atoms with E-state index < -0.39 is 17.0 Å². The van der Waals surface area contributed by atoms with Crippen molar-refractivity contribution >= 4 is 44.0 Å². The average Bonchev–Trinajstić information content (AvgIpc) is 2.60. The van der Waals surface area contributed by atoms with Gasteiger partial charge >= 0.3 is 35.6 Å². The molecule has 140 valence electrons. The first-order chi connectivity index (χ1) is 12.4. The summed E-state index contributed by atoms with van der Waals surface area (Å²) in [5, 5.41) is 12.8. The minimum absolute atomic E-state index is 0.436. The molecule has 1 atom stereocenters. The molecule has 0 radical (unpaired) electrons. The number of hydrogen-bond acceptors (Lipinski definition) is 1. The zero-order chi connectivity index (χ0) is 19.7. The zero-order valence-electron chi connectivity index (χ0n) is 16.0. The summed E-state index contributed by atoms with van der Waals surface area (Å²) >= 11 is -0.556. The van der Waals surface area contributed by atoms with E-state index in [1.54, 1.807) is 0 Å². The number of halogens is 2. The second kappa shape index (κ2) is 12.2. The first kappa shape index (κ1) is 23.7. The van der Waals surface area contributed by atoms with E-state index in [0.717, 1.165) is 24.0 Å². The van der Waals surface area contributed by atoms with Crippen LogP contribution < -0.4 is 10.6 Å². The van der Waals surface area contributed by atoms with E-state index in [-0.39, 0.29) is 0 Å². The Morgan fingerprint density at radius 2 is 1.69 bits per heavy atom. The van der Waals surface area contributed by atoms with Crippen LogP contribution in [0, 0.1) is 20.8 Å². The molecule has 0 aromatic heterocycles. The minimum atomic E-state index is -0.556. The summed E-state index contributed by atoms with van der Waals surface area (Å²) in [6.45, 7) is 12.6. The van der Waals surface area contributed by atoms with Gasteiger partial charge in [-0.15, -0.1) is 0 Å². The number of rotatable bonds is 5. The molecule has 2 rings (SSSR count). The van der Waals surface area contributed by atoms with Gasteiger partial charge < -0.3 is 5.11 Å². The van der Waals surface area contributed by atoms with Gasteiger partial charge in [0.05, 0.1) is 0 Å². The van der Waals surface area contributed by atoms with Crippen LogP contribution in [0.25, 0.3) is 0 Å². The van der Waals surface area contributed by atoms with Crippen molar-refractivity contribution in [3.63, 3.8) is 0 Å². The van der Waals surface area contributed by atoms with Crippen molar-refractivity contribution in [1.82, 2.24) is 0 Å². The molecule has 0 spiro atoms. The van der Waals surface area contributed by atoms with Crippen molar-refractivity contribution in [2.24, 2.45) is 0 Å². The zero-order valence-corrected chi connectivity index (χ0v) is 20.1. The van der Waals surface area contributed by atoms with Crippen LogP contribution in [0.15, 0.2) is 30.3 Å². The Labute approximate surface area is 176 Å². The van der Waals surface area contributed by atoms with Gasteiger partial charge in [0, 0.05) is 10.9 Å². The van der Waals surface area contributed by atoms with Gasteiger partial charge in [0.25, 0.3) is 0 Å². The molecule has 0 fully saturated rings.